The van der Waals surface area contributed by atoms with E-state index in [1.807, 2.05) is 0 Å². The van der Waals surface area contributed by atoms with Crippen LogP contribution in [0.5, 0.6) is 0 Å². The Kier molecular flexibility index (Phi) is 4.39. The maximum atomic E-state index is 12.9. The van der Waals surface area contributed by atoms with Gasteiger partial charge in [0.25, 0.3) is 0 Å². The number of halogens is 4. The topological polar surface area (TPSA) is 74.7 Å². The summed E-state index contributed by atoms with van der Waals surface area (Å²) in [5.74, 6) is -2.79. The van der Waals surface area contributed by atoms with Gasteiger partial charge >= 0.3 is 12.1 Å². The van der Waals surface area contributed by atoms with Gasteiger partial charge in [-0.25, -0.2) is 12.8 Å². The number of nitrogens with zero attached hydrogens (tertiary/aromatic N) is 1. The lowest BCUT2D eigenvalue weighted by atomic mass is 10.2. The van der Waals surface area contributed by atoms with Crippen LogP contribution in [0.15, 0.2) is 23.1 Å². The van der Waals surface area contributed by atoms with Gasteiger partial charge in [-0.2, -0.15) is 17.5 Å². The second-order valence-corrected chi connectivity index (χ2v) is 5.81. The van der Waals surface area contributed by atoms with Crippen molar-refractivity contribution in [2.24, 2.45) is 0 Å². The van der Waals surface area contributed by atoms with Gasteiger partial charge in [-0.3, -0.25) is 4.79 Å². The van der Waals surface area contributed by atoms with Gasteiger partial charge in [0, 0.05) is 7.05 Å². The van der Waals surface area contributed by atoms with Gasteiger partial charge < -0.3 is 5.11 Å². The maximum Gasteiger partial charge on any atom is 0.417 e. The van der Waals surface area contributed by atoms with Crippen molar-refractivity contribution < 1.29 is 35.9 Å². The first-order chi connectivity index (χ1) is 8.96. The summed E-state index contributed by atoms with van der Waals surface area (Å²) >= 11 is 0. The smallest absolute Gasteiger partial charge is 0.417 e. The number of likely N-dealkylation sites (N-methyl/N-ethyl adjacent to an activating group) is 1. The van der Waals surface area contributed by atoms with Crippen molar-refractivity contribution >= 4 is 16.0 Å². The predicted octanol–water partition coefficient (Wildman–Crippen LogP) is 1.55. The van der Waals surface area contributed by atoms with Crippen LogP contribution in [-0.2, 0) is 21.0 Å². The standard InChI is InChI=1S/C10H9F4NO4S/c1-15(5-9(16)17)20(18,19)8-3-2-6(11)4-7(8)10(12,13)14/h2-4H,5H2,1H3,(H,16,17). The number of alkyl halides is 3. The van der Waals surface area contributed by atoms with E-state index in [1.165, 1.54) is 0 Å². The van der Waals surface area contributed by atoms with Gasteiger partial charge in [-0.05, 0) is 18.2 Å². The van der Waals surface area contributed by atoms with E-state index in [-0.39, 0.29) is 10.4 Å². The van der Waals surface area contributed by atoms with Crippen LogP contribution in [0, 0.1) is 5.82 Å². The first kappa shape index (κ1) is 16.4. The molecule has 20 heavy (non-hydrogen) atoms. The molecule has 5 nitrogen and oxygen atoms in total. The van der Waals surface area contributed by atoms with E-state index >= 15 is 0 Å². The number of sulfonamides is 1. The van der Waals surface area contributed by atoms with Gasteiger partial charge in [0.2, 0.25) is 10.0 Å². The molecule has 0 aliphatic carbocycles. The van der Waals surface area contributed by atoms with Crippen molar-refractivity contribution in [1.82, 2.24) is 4.31 Å². The molecule has 0 spiro atoms. The minimum absolute atomic E-state index is 0.0431. The Hall–Kier alpha value is -1.68. The molecular formula is C10H9F4NO4S. The molecule has 0 fully saturated rings. The van der Waals surface area contributed by atoms with Crippen LogP contribution in [0.1, 0.15) is 5.56 Å². The van der Waals surface area contributed by atoms with Crippen molar-refractivity contribution in [3.63, 3.8) is 0 Å². The Morgan fingerprint density at radius 2 is 1.90 bits per heavy atom. The van der Waals surface area contributed by atoms with E-state index in [2.05, 4.69) is 0 Å². The van der Waals surface area contributed by atoms with Crippen LogP contribution in [0.3, 0.4) is 0 Å². The zero-order valence-corrected chi connectivity index (χ0v) is 10.8. The van der Waals surface area contributed by atoms with E-state index in [0.29, 0.717) is 12.1 Å². The van der Waals surface area contributed by atoms with E-state index in [9.17, 15) is 30.8 Å². The molecule has 0 aliphatic heterocycles. The molecule has 0 saturated heterocycles. The highest BCUT2D eigenvalue weighted by atomic mass is 32.2. The Bertz CT molecular complexity index is 627. The molecule has 0 radical (unpaired) electrons. The number of carbonyl (C=O) groups is 1. The third kappa shape index (κ3) is 3.45. The van der Waals surface area contributed by atoms with E-state index in [4.69, 9.17) is 5.11 Å². The number of carboxylic acid groups (broad SMARTS) is 1. The lowest BCUT2D eigenvalue weighted by Crippen LogP contribution is -2.33. The molecule has 0 aliphatic rings. The fourth-order valence-electron chi connectivity index (χ4n) is 1.39. The zero-order chi connectivity index (χ0) is 15.7. The lowest BCUT2D eigenvalue weighted by Gasteiger charge is -2.18. The molecule has 0 amide bonds. The second kappa shape index (κ2) is 5.37. The van der Waals surface area contributed by atoms with Gasteiger partial charge in [-0.15, -0.1) is 0 Å². The number of aliphatic carboxylic acids is 1. The molecule has 0 saturated carbocycles. The maximum absolute atomic E-state index is 12.9. The molecule has 1 rings (SSSR count). The molecule has 0 bridgehead atoms. The summed E-state index contributed by atoms with van der Waals surface area (Å²) in [6.45, 7) is -1.02. The van der Waals surface area contributed by atoms with Crippen molar-refractivity contribution in [3.05, 3.63) is 29.6 Å². The van der Waals surface area contributed by atoms with E-state index in [1.54, 1.807) is 0 Å². The van der Waals surface area contributed by atoms with Gasteiger partial charge in [-0.1, -0.05) is 0 Å². The molecule has 0 aromatic heterocycles. The lowest BCUT2D eigenvalue weighted by molar-refractivity contribution is -0.140. The number of hydrogen-bond donors (Lipinski definition) is 1. The third-order valence-electron chi connectivity index (χ3n) is 2.29. The van der Waals surface area contributed by atoms with Crippen molar-refractivity contribution in [2.45, 2.75) is 11.1 Å². The van der Waals surface area contributed by atoms with Crippen molar-refractivity contribution in [3.8, 4) is 0 Å². The van der Waals surface area contributed by atoms with Crippen molar-refractivity contribution in [2.75, 3.05) is 13.6 Å². The summed E-state index contributed by atoms with van der Waals surface area (Å²) in [4.78, 5) is 9.24. The molecule has 1 N–H and O–H groups in total. The molecule has 0 heterocycles. The average molecular weight is 315 g/mol. The highest BCUT2D eigenvalue weighted by Crippen LogP contribution is 2.35. The van der Waals surface area contributed by atoms with Crippen LogP contribution < -0.4 is 0 Å². The molecule has 0 unspecified atom stereocenters. The fraction of sp³-hybridized carbons (Fsp3) is 0.300. The molecule has 1 aromatic rings. The molecule has 1 aromatic carbocycles. The summed E-state index contributed by atoms with van der Waals surface area (Å²) in [6, 6.07) is 1.05. The number of hydrogen-bond acceptors (Lipinski definition) is 3. The number of benzene rings is 1. The fourth-order valence-corrected chi connectivity index (χ4v) is 2.70. The summed E-state index contributed by atoms with van der Waals surface area (Å²) < 4.78 is 75.0. The van der Waals surface area contributed by atoms with Gasteiger partial charge in [0.15, 0.2) is 0 Å². The molecular weight excluding hydrogens is 306 g/mol. The predicted molar refractivity (Wildman–Crippen MR) is 58.9 cm³/mol. The molecule has 10 heteroatoms. The Morgan fingerprint density at radius 3 is 2.35 bits per heavy atom. The Balaban J connectivity index is 3.43. The summed E-state index contributed by atoms with van der Waals surface area (Å²) in [6.07, 6.45) is -5.09. The SMILES string of the molecule is CN(CC(=O)O)S(=O)(=O)c1ccc(F)cc1C(F)(F)F. The quantitative estimate of drug-likeness (QED) is 0.856. The largest absolute Gasteiger partial charge is 0.480 e. The van der Waals surface area contributed by atoms with Crippen molar-refractivity contribution in [1.29, 1.82) is 0 Å². The van der Waals surface area contributed by atoms with Crippen LogP contribution in [0.2, 0.25) is 0 Å². The zero-order valence-electron chi connectivity index (χ0n) is 9.98. The molecule has 0 atom stereocenters. The van der Waals surface area contributed by atoms with Gasteiger partial charge in [0.1, 0.15) is 12.4 Å². The summed E-state index contributed by atoms with van der Waals surface area (Å²) in [5, 5.41) is 8.48. The van der Waals surface area contributed by atoms with Gasteiger partial charge in [0.05, 0.1) is 10.5 Å². The minimum Gasteiger partial charge on any atom is -0.480 e. The summed E-state index contributed by atoms with van der Waals surface area (Å²) in [5.41, 5.74) is -1.69. The van der Waals surface area contributed by atoms with Crippen LogP contribution in [0.25, 0.3) is 0 Å². The highest BCUT2D eigenvalue weighted by molar-refractivity contribution is 7.89. The van der Waals surface area contributed by atoms with E-state index in [0.717, 1.165) is 7.05 Å². The minimum atomic E-state index is -5.09. The van der Waals surface area contributed by atoms with Crippen LogP contribution in [0.4, 0.5) is 17.6 Å². The normalized spacial score (nSPS) is 12.7. The van der Waals surface area contributed by atoms with E-state index < -0.39 is 45.0 Å². The molecule has 112 valence electrons. The average Bonchev–Trinajstić information content (AvgIpc) is 2.26. The Morgan fingerprint density at radius 1 is 1.35 bits per heavy atom. The van der Waals surface area contributed by atoms with Crippen LogP contribution >= 0.6 is 0 Å². The summed E-state index contributed by atoms with van der Waals surface area (Å²) in [7, 11) is -3.89. The van der Waals surface area contributed by atoms with Crippen LogP contribution in [-0.4, -0.2) is 37.4 Å². The second-order valence-electron chi connectivity index (χ2n) is 3.79. The third-order valence-corrected chi connectivity index (χ3v) is 4.15. The highest BCUT2D eigenvalue weighted by Gasteiger charge is 2.39. The Labute approximate surface area is 111 Å². The first-order valence-corrected chi connectivity index (χ1v) is 6.45. The first-order valence-electron chi connectivity index (χ1n) is 5.01. The number of carboxylic acids is 1. The number of rotatable bonds is 4. The monoisotopic (exact) mass is 315 g/mol.